The molecule has 0 radical (unpaired) electrons. The minimum absolute atomic E-state index is 0.00357. The van der Waals surface area contributed by atoms with Crippen molar-refractivity contribution in [3.63, 3.8) is 0 Å². The largest absolute Gasteiger partial charge is 0.497 e. The highest BCUT2D eigenvalue weighted by Crippen LogP contribution is 2.28. The fraction of sp³-hybridized carbons (Fsp3) is 0.133. The molecule has 0 aliphatic rings. The number of hydrogen-bond acceptors (Lipinski definition) is 3. The summed E-state index contributed by atoms with van der Waals surface area (Å²) in [7, 11) is 1.51. The lowest BCUT2D eigenvalue weighted by Gasteiger charge is -2.14. The van der Waals surface area contributed by atoms with Crippen molar-refractivity contribution in [1.29, 1.82) is 0 Å². The quantitative estimate of drug-likeness (QED) is 0.846. The zero-order valence-electron chi connectivity index (χ0n) is 11.5. The molecule has 2 aromatic carbocycles. The van der Waals surface area contributed by atoms with Gasteiger partial charge in [-0.25, -0.2) is 8.78 Å². The fourth-order valence-corrected chi connectivity index (χ4v) is 2.03. The van der Waals surface area contributed by atoms with Gasteiger partial charge in [-0.15, -0.1) is 0 Å². The number of halogens is 2. The second-order valence-electron chi connectivity index (χ2n) is 4.48. The highest BCUT2D eigenvalue weighted by Gasteiger charge is 2.12. The number of thiocarbonyl (C=S) groups is 1. The van der Waals surface area contributed by atoms with E-state index in [-0.39, 0.29) is 16.2 Å². The second kappa shape index (κ2) is 6.05. The minimum atomic E-state index is -0.564. The van der Waals surface area contributed by atoms with E-state index in [0.717, 1.165) is 12.1 Å². The van der Waals surface area contributed by atoms with Gasteiger partial charge < -0.3 is 15.8 Å². The molecular weight excluding hydrogens is 294 g/mol. The van der Waals surface area contributed by atoms with Gasteiger partial charge >= 0.3 is 0 Å². The minimum Gasteiger partial charge on any atom is -0.497 e. The number of nitrogens with two attached hydrogens (primary N) is 1. The van der Waals surface area contributed by atoms with Crippen LogP contribution >= 0.6 is 12.2 Å². The normalized spacial score (nSPS) is 10.3. The van der Waals surface area contributed by atoms with Crippen LogP contribution in [0.2, 0.25) is 0 Å². The van der Waals surface area contributed by atoms with Crippen LogP contribution in [0, 0.1) is 18.6 Å². The van der Waals surface area contributed by atoms with Gasteiger partial charge in [0.2, 0.25) is 0 Å². The Balaban J connectivity index is 2.47. The summed E-state index contributed by atoms with van der Waals surface area (Å²) in [5.74, 6) is -0.519. The predicted octanol–water partition coefficient (Wildman–Crippen LogP) is 3.66. The molecule has 2 aromatic rings. The Bertz CT molecular complexity index is 704. The van der Waals surface area contributed by atoms with E-state index in [1.165, 1.54) is 14.0 Å². The van der Waals surface area contributed by atoms with Gasteiger partial charge in [0.1, 0.15) is 22.4 Å². The molecule has 0 heterocycles. The van der Waals surface area contributed by atoms with Gasteiger partial charge in [0.25, 0.3) is 0 Å². The molecule has 110 valence electrons. The van der Waals surface area contributed by atoms with Crippen LogP contribution in [-0.4, -0.2) is 12.1 Å². The third-order valence-electron chi connectivity index (χ3n) is 3.01. The van der Waals surface area contributed by atoms with Crippen LogP contribution < -0.4 is 15.8 Å². The Morgan fingerprint density at radius 3 is 2.48 bits per heavy atom. The third-order valence-corrected chi connectivity index (χ3v) is 3.23. The van der Waals surface area contributed by atoms with Gasteiger partial charge in [0.05, 0.1) is 18.5 Å². The van der Waals surface area contributed by atoms with E-state index < -0.39 is 11.6 Å². The SMILES string of the molecule is COc1ccc(C(N)=S)c(Nc2cc(F)c(C)cc2F)c1. The number of nitrogens with one attached hydrogen (secondary N) is 1. The molecule has 0 aliphatic carbocycles. The van der Waals surface area contributed by atoms with Crippen molar-refractivity contribution in [1.82, 2.24) is 0 Å². The topological polar surface area (TPSA) is 47.3 Å². The summed E-state index contributed by atoms with van der Waals surface area (Å²) in [5, 5.41) is 2.80. The molecule has 0 aliphatic heterocycles. The molecule has 0 atom stereocenters. The van der Waals surface area contributed by atoms with Gasteiger partial charge in [0.15, 0.2) is 0 Å². The van der Waals surface area contributed by atoms with Crippen molar-refractivity contribution >= 4 is 28.6 Å². The molecule has 0 fully saturated rings. The van der Waals surface area contributed by atoms with E-state index in [0.29, 0.717) is 17.0 Å². The summed E-state index contributed by atoms with van der Waals surface area (Å²) < 4.78 is 32.6. The molecule has 0 amide bonds. The number of hydrogen-bond donors (Lipinski definition) is 2. The first kappa shape index (κ1) is 15.2. The predicted molar refractivity (Wildman–Crippen MR) is 83.3 cm³/mol. The van der Waals surface area contributed by atoms with Gasteiger partial charge in [0, 0.05) is 17.7 Å². The number of rotatable bonds is 4. The van der Waals surface area contributed by atoms with Gasteiger partial charge in [-0.2, -0.15) is 0 Å². The Morgan fingerprint density at radius 1 is 1.14 bits per heavy atom. The van der Waals surface area contributed by atoms with Crippen LogP contribution in [0.15, 0.2) is 30.3 Å². The first-order chi connectivity index (χ1) is 9.92. The van der Waals surface area contributed by atoms with Crippen molar-refractivity contribution in [3.05, 3.63) is 53.1 Å². The average molecular weight is 308 g/mol. The van der Waals surface area contributed by atoms with Crippen LogP contribution in [0.3, 0.4) is 0 Å². The average Bonchev–Trinajstić information content (AvgIpc) is 2.44. The maximum Gasteiger partial charge on any atom is 0.147 e. The highest BCUT2D eigenvalue weighted by atomic mass is 32.1. The Labute approximate surface area is 126 Å². The van der Waals surface area contributed by atoms with E-state index >= 15 is 0 Å². The van der Waals surface area contributed by atoms with E-state index in [4.69, 9.17) is 22.7 Å². The number of ether oxygens (including phenoxy) is 1. The van der Waals surface area contributed by atoms with Crippen LogP contribution in [0.1, 0.15) is 11.1 Å². The van der Waals surface area contributed by atoms with E-state index in [1.807, 2.05) is 0 Å². The molecule has 3 N–H and O–H groups in total. The van der Waals surface area contributed by atoms with Crippen molar-refractivity contribution in [2.24, 2.45) is 5.73 Å². The first-order valence-electron chi connectivity index (χ1n) is 6.13. The molecule has 0 saturated heterocycles. The molecule has 0 bridgehead atoms. The Hall–Kier alpha value is -2.21. The van der Waals surface area contributed by atoms with Crippen LogP contribution in [0.5, 0.6) is 5.75 Å². The molecule has 21 heavy (non-hydrogen) atoms. The van der Waals surface area contributed by atoms with Crippen LogP contribution in [-0.2, 0) is 0 Å². The van der Waals surface area contributed by atoms with Gasteiger partial charge in [-0.05, 0) is 30.7 Å². The zero-order chi connectivity index (χ0) is 15.6. The Kier molecular flexibility index (Phi) is 4.37. The molecular formula is C15H14F2N2OS. The monoisotopic (exact) mass is 308 g/mol. The Morgan fingerprint density at radius 2 is 1.86 bits per heavy atom. The molecule has 3 nitrogen and oxygen atoms in total. The molecule has 2 rings (SSSR count). The zero-order valence-corrected chi connectivity index (χ0v) is 12.4. The number of benzene rings is 2. The van der Waals surface area contributed by atoms with E-state index in [9.17, 15) is 8.78 Å². The standard InChI is InChI=1S/C15H14F2N2OS/c1-8-5-12(17)14(7-11(8)16)19-13-6-9(20-2)3-4-10(13)15(18)21/h3-7,19H,1-2H3,(H2,18,21). The maximum absolute atomic E-state index is 13.9. The summed E-state index contributed by atoms with van der Waals surface area (Å²) in [6, 6.07) is 7.18. The molecule has 0 spiro atoms. The number of methoxy groups -OCH3 is 1. The van der Waals surface area contributed by atoms with Crippen molar-refractivity contribution in [2.45, 2.75) is 6.92 Å². The van der Waals surface area contributed by atoms with E-state index in [2.05, 4.69) is 5.32 Å². The summed E-state index contributed by atoms with van der Waals surface area (Å²) in [6.07, 6.45) is 0. The van der Waals surface area contributed by atoms with Crippen molar-refractivity contribution in [2.75, 3.05) is 12.4 Å². The summed E-state index contributed by atoms with van der Waals surface area (Å²) in [5.41, 5.74) is 6.84. The maximum atomic E-state index is 13.9. The smallest absolute Gasteiger partial charge is 0.147 e. The lowest BCUT2D eigenvalue weighted by Crippen LogP contribution is -2.12. The number of anilines is 2. The van der Waals surface area contributed by atoms with Gasteiger partial charge in [-0.1, -0.05) is 12.2 Å². The fourth-order valence-electron chi connectivity index (χ4n) is 1.86. The number of aryl methyl sites for hydroxylation is 1. The molecule has 0 unspecified atom stereocenters. The second-order valence-corrected chi connectivity index (χ2v) is 4.92. The van der Waals surface area contributed by atoms with Crippen molar-refractivity contribution < 1.29 is 13.5 Å². The molecule has 0 saturated carbocycles. The van der Waals surface area contributed by atoms with Gasteiger partial charge in [-0.3, -0.25) is 0 Å². The molecule has 6 heteroatoms. The molecule has 0 aromatic heterocycles. The van der Waals surface area contributed by atoms with Crippen LogP contribution in [0.25, 0.3) is 0 Å². The third kappa shape index (κ3) is 3.28. The van der Waals surface area contributed by atoms with E-state index in [1.54, 1.807) is 18.2 Å². The lowest BCUT2D eigenvalue weighted by molar-refractivity contribution is 0.415. The first-order valence-corrected chi connectivity index (χ1v) is 6.53. The summed E-state index contributed by atoms with van der Waals surface area (Å²) in [4.78, 5) is 0.146. The lowest BCUT2D eigenvalue weighted by atomic mass is 10.1. The van der Waals surface area contributed by atoms with Crippen LogP contribution in [0.4, 0.5) is 20.2 Å². The van der Waals surface area contributed by atoms with Crippen molar-refractivity contribution in [3.8, 4) is 5.75 Å². The highest BCUT2D eigenvalue weighted by molar-refractivity contribution is 7.80. The summed E-state index contributed by atoms with van der Waals surface area (Å²) >= 11 is 4.95. The summed E-state index contributed by atoms with van der Waals surface area (Å²) in [6.45, 7) is 1.49.